The predicted molar refractivity (Wildman–Crippen MR) is 131 cm³/mol. The molecule has 11 heteroatoms. The van der Waals surface area contributed by atoms with Gasteiger partial charge in [-0.2, -0.15) is 9.61 Å². The minimum atomic E-state index is -0.259. The quantitative estimate of drug-likeness (QED) is 0.448. The van der Waals surface area contributed by atoms with Crippen LogP contribution in [0, 0.1) is 0 Å². The third-order valence-corrected chi connectivity index (χ3v) is 6.93. The molecule has 0 saturated heterocycles. The smallest absolute Gasteiger partial charge is 0.274 e. The van der Waals surface area contributed by atoms with Gasteiger partial charge in [-0.15, -0.1) is 0 Å². The number of nitrogens with one attached hydrogen (secondary N) is 3. The molecule has 186 valence electrons. The number of hydrogen-bond acceptors (Lipinski definition) is 8. The molecule has 2 fully saturated rings. The molecule has 0 aromatic carbocycles. The van der Waals surface area contributed by atoms with Gasteiger partial charge in [0.1, 0.15) is 22.9 Å². The number of ether oxygens (including phenoxy) is 2. The number of rotatable bonds is 8. The Morgan fingerprint density at radius 2 is 1.97 bits per heavy atom. The van der Waals surface area contributed by atoms with Crippen LogP contribution in [-0.2, 0) is 9.47 Å². The van der Waals surface area contributed by atoms with Crippen molar-refractivity contribution in [2.75, 3.05) is 31.9 Å². The summed E-state index contributed by atoms with van der Waals surface area (Å²) < 4.78 is 14.1. The maximum absolute atomic E-state index is 13.3. The molecular weight excluding hydrogens is 450 g/mol. The van der Waals surface area contributed by atoms with Gasteiger partial charge in [0.25, 0.3) is 11.5 Å². The number of anilines is 3. The molecule has 1 amide bonds. The van der Waals surface area contributed by atoms with Crippen molar-refractivity contribution < 1.29 is 14.3 Å². The molecule has 2 aliphatic rings. The van der Waals surface area contributed by atoms with Crippen LogP contribution in [0.25, 0.3) is 5.65 Å². The highest BCUT2D eigenvalue weighted by atomic mass is 16.5. The molecule has 2 atom stereocenters. The van der Waals surface area contributed by atoms with Gasteiger partial charge >= 0.3 is 0 Å². The first-order valence-corrected chi connectivity index (χ1v) is 11.9. The Kier molecular flexibility index (Phi) is 6.44. The number of methoxy groups -OCH3 is 2. The van der Waals surface area contributed by atoms with Gasteiger partial charge < -0.3 is 30.0 Å². The molecule has 0 radical (unpaired) electrons. The highest BCUT2D eigenvalue weighted by molar-refractivity contribution is 6.00. The van der Waals surface area contributed by atoms with Gasteiger partial charge in [-0.25, -0.2) is 4.98 Å². The van der Waals surface area contributed by atoms with Crippen LogP contribution in [0.5, 0.6) is 0 Å². The number of nitrogens with zero attached hydrogens (tertiary/aromatic N) is 4. The number of fused-ring (bicyclic) bond motifs is 1. The number of carbonyl (C=O) groups excluding carboxylic acids is 1. The molecule has 2 saturated carbocycles. The van der Waals surface area contributed by atoms with Crippen molar-refractivity contribution in [2.24, 2.45) is 0 Å². The zero-order chi connectivity index (χ0) is 24.5. The highest BCUT2D eigenvalue weighted by Gasteiger charge is 2.39. The molecule has 5 rings (SSSR count). The van der Waals surface area contributed by atoms with Crippen LogP contribution in [0.2, 0.25) is 0 Å². The third kappa shape index (κ3) is 4.61. The molecule has 3 aromatic heterocycles. The van der Waals surface area contributed by atoms with Gasteiger partial charge in [0.15, 0.2) is 5.65 Å². The van der Waals surface area contributed by atoms with Crippen molar-refractivity contribution in [1.82, 2.24) is 24.5 Å². The fourth-order valence-electron chi connectivity index (χ4n) is 4.79. The zero-order valence-corrected chi connectivity index (χ0v) is 20.2. The topological polar surface area (TPSA) is 124 Å². The van der Waals surface area contributed by atoms with Gasteiger partial charge in [-0.3, -0.25) is 9.59 Å². The molecule has 35 heavy (non-hydrogen) atoms. The van der Waals surface area contributed by atoms with E-state index in [1.165, 1.54) is 6.20 Å². The second-order valence-electron chi connectivity index (χ2n) is 9.09. The van der Waals surface area contributed by atoms with E-state index in [0.717, 1.165) is 32.1 Å². The summed E-state index contributed by atoms with van der Waals surface area (Å²) in [6.45, 7) is 0. The Morgan fingerprint density at radius 1 is 1.17 bits per heavy atom. The maximum atomic E-state index is 13.3. The van der Waals surface area contributed by atoms with Crippen molar-refractivity contribution in [2.45, 2.75) is 56.4 Å². The minimum absolute atomic E-state index is 0.00531. The van der Waals surface area contributed by atoms with Crippen LogP contribution in [-0.4, -0.2) is 64.6 Å². The first kappa shape index (κ1) is 23.3. The zero-order valence-electron chi connectivity index (χ0n) is 20.2. The maximum Gasteiger partial charge on any atom is 0.274 e. The van der Waals surface area contributed by atoms with E-state index in [4.69, 9.17) is 9.47 Å². The molecule has 3 aromatic rings. The van der Waals surface area contributed by atoms with Gasteiger partial charge in [0, 0.05) is 39.6 Å². The predicted octanol–water partition coefficient (Wildman–Crippen LogP) is 2.32. The lowest BCUT2D eigenvalue weighted by Crippen LogP contribution is -2.30. The minimum Gasteiger partial charge on any atom is -0.381 e. The Hall–Kier alpha value is -3.44. The molecule has 11 nitrogen and oxygen atoms in total. The largest absolute Gasteiger partial charge is 0.381 e. The number of pyridine rings is 1. The number of hydrogen-bond donors (Lipinski definition) is 3. The lowest BCUT2D eigenvalue weighted by molar-refractivity contribution is 0.0580. The van der Waals surface area contributed by atoms with Crippen molar-refractivity contribution in [3.63, 3.8) is 0 Å². The molecule has 0 bridgehead atoms. The lowest BCUT2D eigenvalue weighted by atomic mass is 9.92. The first-order valence-electron chi connectivity index (χ1n) is 11.9. The summed E-state index contributed by atoms with van der Waals surface area (Å²) in [7, 11) is 5.13. The van der Waals surface area contributed by atoms with Crippen LogP contribution in [0.4, 0.5) is 17.3 Å². The monoisotopic (exact) mass is 481 g/mol. The first-order chi connectivity index (χ1) is 17.0. The second-order valence-corrected chi connectivity index (χ2v) is 9.09. The van der Waals surface area contributed by atoms with E-state index in [-0.39, 0.29) is 35.8 Å². The van der Waals surface area contributed by atoms with Gasteiger partial charge in [0.05, 0.1) is 24.4 Å². The third-order valence-electron chi connectivity index (χ3n) is 6.93. The van der Waals surface area contributed by atoms with E-state index in [1.807, 2.05) is 12.3 Å². The van der Waals surface area contributed by atoms with Crippen LogP contribution < -0.4 is 21.5 Å². The van der Waals surface area contributed by atoms with Crippen LogP contribution in [0.1, 0.15) is 48.5 Å². The highest BCUT2D eigenvalue weighted by Crippen LogP contribution is 2.29. The summed E-state index contributed by atoms with van der Waals surface area (Å²) in [6.07, 6.45) is 8.11. The summed E-state index contributed by atoms with van der Waals surface area (Å²) >= 11 is 0. The Morgan fingerprint density at radius 3 is 2.66 bits per heavy atom. The summed E-state index contributed by atoms with van der Waals surface area (Å²) in [5.41, 5.74) is 1.06. The van der Waals surface area contributed by atoms with Crippen molar-refractivity contribution in [1.29, 1.82) is 0 Å². The van der Waals surface area contributed by atoms with Crippen molar-refractivity contribution >= 4 is 28.9 Å². The molecule has 3 N–H and O–H groups in total. The average molecular weight is 482 g/mol. The van der Waals surface area contributed by atoms with Gasteiger partial charge in [0.2, 0.25) is 0 Å². The normalized spacial score (nSPS) is 23.7. The summed E-state index contributed by atoms with van der Waals surface area (Å²) in [4.78, 5) is 30.8. The summed E-state index contributed by atoms with van der Waals surface area (Å²) in [5, 5.41) is 13.5. The second kappa shape index (κ2) is 9.67. The van der Waals surface area contributed by atoms with E-state index in [1.54, 1.807) is 42.5 Å². The van der Waals surface area contributed by atoms with Crippen LogP contribution in [0.15, 0.2) is 35.4 Å². The SMILES string of the molecule is CNc1cc(Nc2cccn([C@H]3CC[C@H](OC)CC3)c2=O)nc2c(C(=O)NC3C[C@H]3OC)cnn12. The van der Waals surface area contributed by atoms with E-state index < -0.39 is 0 Å². The molecule has 1 unspecified atom stereocenters. The van der Waals surface area contributed by atoms with Crippen LogP contribution in [0.3, 0.4) is 0 Å². The number of carbonyl (C=O) groups is 1. The fourth-order valence-corrected chi connectivity index (χ4v) is 4.79. The average Bonchev–Trinajstić information content (AvgIpc) is 3.49. The van der Waals surface area contributed by atoms with Crippen molar-refractivity contribution in [3.05, 3.63) is 46.5 Å². The molecule has 2 aliphatic carbocycles. The van der Waals surface area contributed by atoms with Crippen LogP contribution >= 0.6 is 0 Å². The van der Waals surface area contributed by atoms with E-state index in [9.17, 15) is 9.59 Å². The van der Waals surface area contributed by atoms with Crippen molar-refractivity contribution in [3.8, 4) is 0 Å². The Balaban J connectivity index is 1.41. The molecule has 3 heterocycles. The van der Waals surface area contributed by atoms with E-state index in [0.29, 0.717) is 28.5 Å². The Bertz CT molecular complexity index is 1280. The van der Waals surface area contributed by atoms with Gasteiger partial charge in [-0.1, -0.05) is 0 Å². The standard InChI is InChI=1S/C24H31N7O4/c1-25-21-12-20(29-22-16(13-26-31(21)22)23(32)28-18-11-19(18)35-3)27-17-5-4-10-30(24(17)33)14-6-8-15(34-2)9-7-14/h4-5,10,12-15,18-19,25H,6-9,11H2,1-3H3,(H,27,29)(H,28,32)/t14-,15-,18?,19-/m1/s1. The number of amides is 1. The molecular formula is C24H31N7O4. The Labute approximate surface area is 202 Å². The molecule has 0 aliphatic heterocycles. The lowest BCUT2D eigenvalue weighted by Gasteiger charge is -2.29. The van der Waals surface area contributed by atoms with E-state index in [2.05, 4.69) is 26.0 Å². The molecule has 0 spiro atoms. The van der Waals surface area contributed by atoms with E-state index >= 15 is 0 Å². The van der Waals surface area contributed by atoms with Gasteiger partial charge in [-0.05, 0) is 44.2 Å². The fraction of sp³-hybridized carbons (Fsp3) is 0.500. The summed E-state index contributed by atoms with van der Waals surface area (Å²) in [6, 6.07) is 5.50. The summed E-state index contributed by atoms with van der Waals surface area (Å²) in [5.74, 6) is 0.812. The number of aromatic nitrogens is 4.